The highest BCUT2D eigenvalue weighted by Gasteiger charge is 2.48. The number of aliphatic hydroxyl groups is 1. The van der Waals surface area contributed by atoms with Crippen LogP contribution in [0.15, 0.2) is 76.6 Å². The van der Waals surface area contributed by atoms with E-state index in [9.17, 15) is 19.1 Å². The Kier molecular flexibility index (Phi) is 7.81. The number of aliphatic hydroxyl groups excluding tert-OH is 1. The minimum absolute atomic E-state index is 0.0963. The molecule has 0 saturated carbocycles. The fourth-order valence-corrected chi connectivity index (χ4v) is 6.54. The number of thioether (sulfide) groups is 1. The molecule has 2 aliphatic heterocycles. The maximum atomic E-state index is 13.6. The van der Waals surface area contributed by atoms with Crippen LogP contribution in [0.5, 0.6) is 17.2 Å². The standard InChI is InChI=1S/C30H24FN3O6S2/c1-2-38-21-5-3-4-18(14-21)25-24(26(35)19-8-11-22-23(15-19)40-13-12-39-22)27(36)28(37)34(25)29-32-33-30(42-29)41-16-17-6-9-20(31)10-7-17/h3-11,14-15,25,35H,2,12-13,16H2,1H3/b26-24+/t25-/m0/s1. The van der Waals surface area contributed by atoms with Gasteiger partial charge in [0.25, 0.3) is 5.78 Å². The minimum atomic E-state index is -0.999. The number of anilines is 1. The highest BCUT2D eigenvalue weighted by molar-refractivity contribution is 8.00. The second-order valence-electron chi connectivity index (χ2n) is 9.30. The lowest BCUT2D eigenvalue weighted by atomic mass is 9.95. The molecule has 42 heavy (non-hydrogen) atoms. The highest BCUT2D eigenvalue weighted by Crippen LogP contribution is 2.45. The molecule has 1 amide bonds. The average Bonchev–Trinajstić information content (AvgIpc) is 3.58. The molecule has 1 fully saturated rings. The van der Waals surface area contributed by atoms with E-state index in [0.717, 1.165) is 16.9 Å². The number of hydrogen-bond donors (Lipinski definition) is 1. The third-order valence-corrected chi connectivity index (χ3v) is 8.75. The van der Waals surface area contributed by atoms with Crippen LogP contribution in [0.2, 0.25) is 0 Å². The van der Waals surface area contributed by atoms with Gasteiger partial charge in [-0.1, -0.05) is 47.4 Å². The summed E-state index contributed by atoms with van der Waals surface area (Å²) in [6.07, 6.45) is 0. The van der Waals surface area contributed by atoms with E-state index in [1.807, 2.05) is 6.92 Å². The van der Waals surface area contributed by atoms with Crippen LogP contribution in [0.3, 0.4) is 0 Å². The van der Waals surface area contributed by atoms with E-state index in [1.54, 1.807) is 54.6 Å². The van der Waals surface area contributed by atoms with Crippen LogP contribution < -0.4 is 19.1 Å². The van der Waals surface area contributed by atoms with E-state index >= 15 is 0 Å². The summed E-state index contributed by atoms with van der Waals surface area (Å²) in [7, 11) is 0. The number of hydrogen-bond acceptors (Lipinski definition) is 10. The van der Waals surface area contributed by atoms with Crippen molar-refractivity contribution < 1.29 is 33.3 Å². The smallest absolute Gasteiger partial charge is 0.301 e. The monoisotopic (exact) mass is 605 g/mol. The molecule has 2 aliphatic rings. The second kappa shape index (κ2) is 11.8. The van der Waals surface area contributed by atoms with Crippen molar-refractivity contribution in [2.45, 2.75) is 23.1 Å². The lowest BCUT2D eigenvalue weighted by Gasteiger charge is -2.23. The number of rotatable bonds is 8. The Morgan fingerprint density at radius 1 is 1.07 bits per heavy atom. The van der Waals surface area contributed by atoms with Crippen LogP contribution >= 0.6 is 23.1 Å². The second-order valence-corrected chi connectivity index (χ2v) is 11.5. The molecule has 0 bridgehead atoms. The Balaban J connectivity index is 1.39. The molecule has 3 aromatic carbocycles. The summed E-state index contributed by atoms with van der Waals surface area (Å²) < 4.78 is 30.8. The fraction of sp³-hybridized carbons (Fsp3) is 0.200. The summed E-state index contributed by atoms with van der Waals surface area (Å²) in [5.74, 6) is -0.348. The van der Waals surface area contributed by atoms with E-state index in [1.165, 1.54) is 28.8 Å². The van der Waals surface area contributed by atoms with Gasteiger partial charge >= 0.3 is 5.91 Å². The van der Waals surface area contributed by atoms with E-state index in [-0.39, 0.29) is 22.3 Å². The van der Waals surface area contributed by atoms with Crippen molar-refractivity contribution in [2.24, 2.45) is 0 Å². The molecule has 3 heterocycles. The Morgan fingerprint density at radius 3 is 2.64 bits per heavy atom. The van der Waals surface area contributed by atoms with Crippen molar-refractivity contribution in [2.75, 3.05) is 24.7 Å². The number of aromatic nitrogens is 2. The van der Waals surface area contributed by atoms with Crippen LogP contribution in [0.1, 0.15) is 29.7 Å². The zero-order valence-corrected chi connectivity index (χ0v) is 23.9. The number of fused-ring (bicyclic) bond motifs is 1. The van der Waals surface area contributed by atoms with E-state index in [4.69, 9.17) is 14.2 Å². The summed E-state index contributed by atoms with van der Waals surface area (Å²) in [6, 6.07) is 17.0. The van der Waals surface area contributed by atoms with E-state index in [2.05, 4.69) is 10.2 Å². The maximum Gasteiger partial charge on any atom is 0.301 e. The Labute approximate surface area is 248 Å². The summed E-state index contributed by atoms with van der Waals surface area (Å²) in [4.78, 5) is 28.4. The Morgan fingerprint density at radius 2 is 1.86 bits per heavy atom. The molecule has 0 radical (unpaired) electrons. The molecule has 1 N–H and O–H groups in total. The SMILES string of the molecule is CCOc1cccc([C@H]2/C(=C(\O)c3ccc4c(c3)OCCO4)C(=O)C(=O)N2c2nnc(SCc3ccc(F)cc3)s2)c1. The Hall–Kier alpha value is -4.42. The van der Waals surface area contributed by atoms with Gasteiger partial charge in [0.1, 0.15) is 30.5 Å². The molecule has 1 saturated heterocycles. The number of ether oxygens (including phenoxy) is 3. The normalized spacial score (nSPS) is 17.5. The number of halogens is 1. The van der Waals surface area contributed by atoms with Gasteiger partial charge in [-0.05, 0) is 60.5 Å². The third kappa shape index (κ3) is 5.42. The van der Waals surface area contributed by atoms with Gasteiger partial charge in [0.2, 0.25) is 5.13 Å². The molecule has 6 rings (SSSR count). The Bertz CT molecular complexity index is 1690. The van der Waals surface area contributed by atoms with E-state index < -0.39 is 17.7 Å². The van der Waals surface area contributed by atoms with Crippen molar-refractivity contribution in [3.63, 3.8) is 0 Å². The number of amides is 1. The summed E-state index contributed by atoms with van der Waals surface area (Å²) in [6.45, 7) is 3.04. The minimum Gasteiger partial charge on any atom is -0.507 e. The zero-order chi connectivity index (χ0) is 29.2. The number of nitrogens with zero attached hydrogens (tertiary/aromatic N) is 3. The number of Topliss-reactive ketones (excluding diaryl/α,β-unsaturated/α-hetero) is 1. The van der Waals surface area contributed by atoms with Crippen LogP contribution in [0.25, 0.3) is 5.76 Å². The van der Waals surface area contributed by atoms with Gasteiger partial charge in [-0.25, -0.2) is 4.39 Å². The molecule has 4 aromatic rings. The molecule has 1 atom stereocenters. The third-order valence-electron chi connectivity index (χ3n) is 6.62. The zero-order valence-electron chi connectivity index (χ0n) is 22.3. The average molecular weight is 606 g/mol. The lowest BCUT2D eigenvalue weighted by molar-refractivity contribution is -0.132. The van der Waals surface area contributed by atoms with Crippen LogP contribution in [-0.2, 0) is 15.3 Å². The summed E-state index contributed by atoms with van der Waals surface area (Å²) in [5, 5.41) is 20.2. The van der Waals surface area contributed by atoms with Crippen LogP contribution in [0.4, 0.5) is 9.52 Å². The van der Waals surface area contributed by atoms with Gasteiger partial charge in [-0.2, -0.15) is 0 Å². The molecule has 214 valence electrons. The first-order valence-corrected chi connectivity index (χ1v) is 14.9. The molecule has 9 nitrogen and oxygen atoms in total. The lowest BCUT2D eigenvalue weighted by Crippen LogP contribution is -2.29. The van der Waals surface area contributed by atoms with Gasteiger partial charge in [0, 0.05) is 11.3 Å². The summed E-state index contributed by atoms with van der Waals surface area (Å²) in [5.41, 5.74) is 1.65. The molecule has 0 aliphatic carbocycles. The highest BCUT2D eigenvalue weighted by atomic mass is 32.2. The molecular formula is C30H24FN3O6S2. The first-order chi connectivity index (χ1) is 20.4. The molecule has 12 heteroatoms. The number of benzene rings is 3. The van der Waals surface area contributed by atoms with Crippen molar-refractivity contribution in [1.29, 1.82) is 0 Å². The molecular weight excluding hydrogens is 581 g/mol. The number of carbonyl (C=O) groups is 2. The largest absolute Gasteiger partial charge is 0.507 e. The number of ketones is 1. The van der Waals surface area contributed by atoms with Crippen LogP contribution in [-0.4, -0.2) is 46.8 Å². The first-order valence-electron chi connectivity index (χ1n) is 13.1. The van der Waals surface area contributed by atoms with Gasteiger partial charge < -0.3 is 19.3 Å². The predicted molar refractivity (Wildman–Crippen MR) is 156 cm³/mol. The van der Waals surface area contributed by atoms with Gasteiger partial charge in [0.15, 0.2) is 15.8 Å². The van der Waals surface area contributed by atoms with Gasteiger partial charge in [-0.15, -0.1) is 10.2 Å². The van der Waals surface area contributed by atoms with Crippen molar-refractivity contribution in [3.8, 4) is 17.2 Å². The topological polar surface area (TPSA) is 111 Å². The van der Waals surface area contributed by atoms with Crippen molar-refractivity contribution in [1.82, 2.24) is 10.2 Å². The quantitative estimate of drug-likeness (QED) is 0.0880. The summed E-state index contributed by atoms with van der Waals surface area (Å²) >= 11 is 2.52. The van der Waals surface area contributed by atoms with Crippen molar-refractivity contribution >= 4 is 45.7 Å². The van der Waals surface area contributed by atoms with Gasteiger partial charge in [0.05, 0.1) is 18.2 Å². The van der Waals surface area contributed by atoms with E-state index in [0.29, 0.717) is 58.3 Å². The molecule has 0 spiro atoms. The number of carbonyl (C=O) groups excluding carboxylic acids is 2. The molecule has 0 unspecified atom stereocenters. The van der Waals surface area contributed by atoms with Crippen molar-refractivity contribution in [3.05, 3.63) is 94.8 Å². The maximum absolute atomic E-state index is 13.6. The van der Waals surface area contributed by atoms with Crippen LogP contribution in [0, 0.1) is 5.82 Å². The molecule has 1 aromatic heterocycles. The fourth-order valence-electron chi connectivity index (χ4n) is 4.72. The van der Waals surface area contributed by atoms with Gasteiger partial charge in [-0.3, -0.25) is 14.5 Å². The first kappa shape index (κ1) is 27.7. The predicted octanol–water partition coefficient (Wildman–Crippen LogP) is 5.77.